The van der Waals surface area contributed by atoms with Crippen molar-refractivity contribution in [2.45, 2.75) is 12.8 Å². The zero-order valence-electron chi connectivity index (χ0n) is 15.3. The summed E-state index contributed by atoms with van der Waals surface area (Å²) in [6.07, 6.45) is 1.43. The van der Waals surface area contributed by atoms with Gasteiger partial charge in [-0.15, -0.1) is 0 Å². The van der Waals surface area contributed by atoms with Crippen LogP contribution in [0.5, 0.6) is 5.75 Å². The Hall–Kier alpha value is -2.24. The van der Waals surface area contributed by atoms with Crippen LogP contribution in [0.4, 0.5) is 11.4 Å². The van der Waals surface area contributed by atoms with Crippen molar-refractivity contribution in [2.75, 3.05) is 49.5 Å². The van der Waals surface area contributed by atoms with Crippen LogP contribution in [0.2, 0.25) is 5.02 Å². The largest absolute Gasteiger partial charge is 0.494 e. The molecule has 2 heterocycles. The van der Waals surface area contributed by atoms with Crippen LogP contribution < -0.4 is 15.0 Å². The van der Waals surface area contributed by atoms with Gasteiger partial charge in [0.1, 0.15) is 5.75 Å². The molecule has 0 unspecified atom stereocenters. The van der Waals surface area contributed by atoms with Crippen LogP contribution in [0.3, 0.4) is 0 Å². The summed E-state index contributed by atoms with van der Waals surface area (Å²) in [4.78, 5) is 16.2. The van der Waals surface area contributed by atoms with Crippen molar-refractivity contribution in [2.24, 2.45) is 0 Å². The van der Waals surface area contributed by atoms with E-state index in [4.69, 9.17) is 16.3 Å². The number of piperazine rings is 1. The molecule has 2 aromatic rings. The molecule has 27 heavy (non-hydrogen) atoms. The highest BCUT2D eigenvalue weighted by molar-refractivity contribution is 6.33. The number of carbonyl (C=O) groups is 1. The summed E-state index contributed by atoms with van der Waals surface area (Å²) in [6.45, 7) is 5.79. The Balaban J connectivity index is 1.18. The number of fused-ring (bicyclic) bond motifs is 1. The predicted octanol–water partition coefficient (Wildman–Crippen LogP) is 3.43. The summed E-state index contributed by atoms with van der Waals surface area (Å²) in [5, 5.41) is 3.66. The van der Waals surface area contributed by atoms with E-state index in [1.807, 2.05) is 36.4 Å². The summed E-state index contributed by atoms with van der Waals surface area (Å²) in [5.41, 5.74) is 3.06. The van der Waals surface area contributed by atoms with Gasteiger partial charge in [-0.05, 0) is 42.3 Å². The number of ether oxygens (including phenoxy) is 1. The lowest BCUT2D eigenvalue weighted by atomic mass is 10.1. The van der Waals surface area contributed by atoms with Gasteiger partial charge in [0.25, 0.3) is 0 Å². The van der Waals surface area contributed by atoms with Crippen molar-refractivity contribution in [1.82, 2.24) is 4.90 Å². The Kier molecular flexibility index (Phi) is 5.50. The van der Waals surface area contributed by atoms with Gasteiger partial charge in [-0.2, -0.15) is 0 Å². The Morgan fingerprint density at radius 2 is 1.89 bits per heavy atom. The highest BCUT2D eigenvalue weighted by Gasteiger charge is 2.19. The van der Waals surface area contributed by atoms with Gasteiger partial charge in [-0.3, -0.25) is 9.69 Å². The number of rotatable bonds is 6. The number of para-hydroxylation sites is 1. The maximum Gasteiger partial charge on any atom is 0.228 e. The maximum absolute atomic E-state index is 11.4. The number of anilines is 2. The summed E-state index contributed by atoms with van der Waals surface area (Å²) in [5.74, 6) is 0.895. The summed E-state index contributed by atoms with van der Waals surface area (Å²) < 4.78 is 5.87. The minimum absolute atomic E-state index is 0.0538. The van der Waals surface area contributed by atoms with Crippen LogP contribution in [0.25, 0.3) is 0 Å². The van der Waals surface area contributed by atoms with E-state index in [1.54, 1.807) is 0 Å². The molecular weight excluding hydrogens is 362 g/mol. The number of nitrogens with one attached hydrogen (secondary N) is 1. The molecule has 2 aliphatic rings. The fraction of sp³-hybridized carbons (Fsp3) is 0.381. The number of benzene rings is 2. The van der Waals surface area contributed by atoms with Crippen molar-refractivity contribution >= 4 is 28.9 Å². The molecule has 1 N–H and O–H groups in total. The lowest BCUT2D eigenvalue weighted by Gasteiger charge is -2.36. The molecule has 0 radical (unpaired) electrons. The van der Waals surface area contributed by atoms with Crippen LogP contribution in [-0.2, 0) is 11.2 Å². The summed E-state index contributed by atoms with van der Waals surface area (Å²) >= 11 is 6.30. The van der Waals surface area contributed by atoms with Crippen LogP contribution in [0.1, 0.15) is 12.0 Å². The first kappa shape index (κ1) is 18.1. The normalized spacial score (nSPS) is 16.9. The average molecular weight is 386 g/mol. The quantitative estimate of drug-likeness (QED) is 0.774. The number of amides is 1. The molecule has 0 aliphatic carbocycles. The van der Waals surface area contributed by atoms with Crippen LogP contribution >= 0.6 is 11.6 Å². The third-order valence-electron chi connectivity index (χ3n) is 5.15. The molecule has 142 valence electrons. The lowest BCUT2D eigenvalue weighted by molar-refractivity contribution is -0.115. The van der Waals surface area contributed by atoms with Gasteiger partial charge in [0.05, 0.1) is 23.7 Å². The fourth-order valence-electron chi connectivity index (χ4n) is 3.69. The molecule has 4 rings (SSSR count). The van der Waals surface area contributed by atoms with Crippen LogP contribution in [0.15, 0.2) is 42.5 Å². The van der Waals surface area contributed by atoms with Crippen LogP contribution in [-0.4, -0.2) is 50.1 Å². The van der Waals surface area contributed by atoms with Gasteiger partial charge in [-0.1, -0.05) is 23.7 Å². The topological polar surface area (TPSA) is 44.8 Å². The first-order chi connectivity index (χ1) is 13.2. The van der Waals surface area contributed by atoms with Crippen LogP contribution in [0, 0.1) is 0 Å². The van der Waals surface area contributed by atoms with Crippen molar-refractivity contribution in [3.8, 4) is 5.75 Å². The third-order valence-corrected chi connectivity index (χ3v) is 5.47. The molecule has 6 heteroatoms. The minimum Gasteiger partial charge on any atom is -0.494 e. The van der Waals surface area contributed by atoms with Gasteiger partial charge in [0.2, 0.25) is 5.91 Å². The second kappa shape index (κ2) is 8.19. The molecule has 2 aliphatic heterocycles. The van der Waals surface area contributed by atoms with E-state index in [-0.39, 0.29) is 5.91 Å². The van der Waals surface area contributed by atoms with Crippen molar-refractivity contribution in [3.63, 3.8) is 0 Å². The van der Waals surface area contributed by atoms with Gasteiger partial charge in [-0.25, -0.2) is 0 Å². The molecular formula is C21H24ClN3O2. The Morgan fingerprint density at radius 3 is 2.70 bits per heavy atom. The number of halogens is 1. The van der Waals surface area contributed by atoms with Gasteiger partial charge >= 0.3 is 0 Å². The zero-order valence-corrected chi connectivity index (χ0v) is 16.0. The molecule has 0 bridgehead atoms. The molecule has 5 nitrogen and oxygen atoms in total. The smallest absolute Gasteiger partial charge is 0.228 e. The minimum atomic E-state index is 0.0538. The SMILES string of the molecule is O=C1Cc2cc(OCCCN3CCN(c4ccccc4Cl)CC3)ccc2N1. The third kappa shape index (κ3) is 4.37. The zero-order chi connectivity index (χ0) is 18.6. The fourth-order valence-corrected chi connectivity index (χ4v) is 3.95. The van der Waals surface area contributed by atoms with E-state index in [0.717, 1.165) is 66.9 Å². The Labute approximate surface area is 164 Å². The first-order valence-electron chi connectivity index (χ1n) is 9.46. The number of hydrogen-bond donors (Lipinski definition) is 1. The molecule has 0 aromatic heterocycles. The second-order valence-corrected chi connectivity index (χ2v) is 7.43. The van der Waals surface area contributed by atoms with Gasteiger partial charge in [0.15, 0.2) is 0 Å². The average Bonchev–Trinajstić information content (AvgIpc) is 3.05. The van der Waals surface area contributed by atoms with E-state index >= 15 is 0 Å². The number of carbonyl (C=O) groups excluding carboxylic acids is 1. The molecule has 0 atom stereocenters. The molecule has 2 aromatic carbocycles. The Bertz CT molecular complexity index is 819. The van der Waals surface area contributed by atoms with E-state index in [9.17, 15) is 4.79 Å². The molecule has 0 spiro atoms. The predicted molar refractivity (Wildman–Crippen MR) is 109 cm³/mol. The first-order valence-corrected chi connectivity index (χ1v) is 9.84. The van der Waals surface area contributed by atoms with Gasteiger partial charge < -0.3 is 15.0 Å². The number of hydrogen-bond acceptors (Lipinski definition) is 4. The summed E-state index contributed by atoms with van der Waals surface area (Å²) in [7, 11) is 0. The van der Waals surface area contributed by atoms with E-state index in [1.165, 1.54) is 0 Å². The van der Waals surface area contributed by atoms with E-state index in [0.29, 0.717) is 13.0 Å². The Morgan fingerprint density at radius 1 is 1.07 bits per heavy atom. The van der Waals surface area contributed by atoms with Crippen molar-refractivity contribution < 1.29 is 9.53 Å². The van der Waals surface area contributed by atoms with E-state index < -0.39 is 0 Å². The lowest BCUT2D eigenvalue weighted by Crippen LogP contribution is -2.46. The number of nitrogens with zero attached hydrogens (tertiary/aromatic N) is 2. The van der Waals surface area contributed by atoms with E-state index in [2.05, 4.69) is 21.2 Å². The summed E-state index contributed by atoms with van der Waals surface area (Å²) in [6, 6.07) is 13.9. The molecule has 0 saturated carbocycles. The molecule has 1 fully saturated rings. The second-order valence-electron chi connectivity index (χ2n) is 7.03. The van der Waals surface area contributed by atoms with Crippen molar-refractivity contribution in [1.29, 1.82) is 0 Å². The maximum atomic E-state index is 11.4. The highest BCUT2D eigenvalue weighted by Crippen LogP contribution is 2.27. The molecule has 1 amide bonds. The van der Waals surface area contributed by atoms with Crippen molar-refractivity contribution in [3.05, 3.63) is 53.1 Å². The molecule has 1 saturated heterocycles. The standard InChI is InChI=1S/C21H24ClN3O2/c22-18-4-1-2-5-20(18)25-11-9-24(10-12-25)8-3-13-27-17-6-7-19-16(14-17)15-21(26)23-19/h1-2,4-7,14H,3,8-13,15H2,(H,23,26). The monoisotopic (exact) mass is 385 g/mol. The highest BCUT2D eigenvalue weighted by atomic mass is 35.5. The van der Waals surface area contributed by atoms with Gasteiger partial charge in [0, 0.05) is 38.4 Å².